The number of anilines is 1. The zero-order chi connectivity index (χ0) is 12.3. The van der Waals surface area contributed by atoms with Gasteiger partial charge in [-0.25, -0.2) is 0 Å². The molecule has 0 radical (unpaired) electrons. The third-order valence-electron chi connectivity index (χ3n) is 2.17. The van der Waals surface area contributed by atoms with E-state index in [1.807, 2.05) is 13.0 Å². The molecule has 0 atom stereocenters. The van der Waals surface area contributed by atoms with E-state index in [4.69, 9.17) is 5.73 Å². The van der Waals surface area contributed by atoms with E-state index in [1.54, 1.807) is 6.07 Å². The summed E-state index contributed by atoms with van der Waals surface area (Å²) in [6.45, 7) is 8.45. The third kappa shape index (κ3) is 3.25. The van der Waals surface area contributed by atoms with Crippen molar-refractivity contribution in [3.05, 3.63) is 28.8 Å². The predicted octanol–water partition coefficient (Wildman–Crippen LogP) is 2.62. The summed E-state index contributed by atoms with van der Waals surface area (Å²) in [5.74, 6) is 3.14. The molecule has 0 aliphatic heterocycles. The van der Waals surface area contributed by atoms with Gasteiger partial charge in [-0.05, 0) is 24.6 Å². The van der Waals surface area contributed by atoms with E-state index in [0.717, 1.165) is 17.4 Å². The number of carbonyl (C=O) groups excluding carboxylic acids is 1. The molecule has 84 valence electrons. The summed E-state index contributed by atoms with van der Waals surface area (Å²) < 4.78 is 0. The summed E-state index contributed by atoms with van der Waals surface area (Å²) in [5.41, 5.74) is 12.0. The standard InChI is InChI=1S/C13H17NOSi/c1-10-11(5-6-16(2,3)4)7-13(14)8-12(10)9-15/h7-9H,14H2,1-4H3. The third-order valence-corrected chi connectivity index (χ3v) is 3.04. The van der Waals surface area contributed by atoms with E-state index in [9.17, 15) is 4.79 Å². The van der Waals surface area contributed by atoms with Crippen LogP contribution in [0, 0.1) is 18.4 Å². The van der Waals surface area contributed by atoms with Gasteiger partial charge in [-0.3, -0.25) is 4.79 Å². The molecule has 3 heteroatoms. The van der Waals surface area contributed by atoms with Crippen LogP contribution in [0.5, 0.6) is 0 Å². The van der Waals surface area contributed by atoms with Crippen molar-refractivity contribution >= 4 is 20.0 Å². The first-order chi connectivity index (χ1) is 7.33. The van der Waals surface area contributed by atoms with Gasteiger partial charge >= 0.3 is 0 Å². The van der Waals surface area contributed by atoms with Crippen LogP contribution in [-0.4, -0.2) is 14.4 Å². The lowest BCUT2D eigenvalue weighted by Gasteiger charge is -2.06. The van der Waals surface area contributed by atoms with Gasteiger partial charge in [0.25, 0.3) is 0 Å². The number of hydrogen-bond acceptors (Lipinski definition) is 2. The Balaban J connectivity index is 3.28. The van der Waals surface area contributed by atoms with Crippen molar-refractivity contribution in [3.8, 4) is 11.5 Å². The fourth-order valence-corrected chi connectivity index (χ4v) is 1.78. The van der Waals surface area contributed by atoms with E-state index >= 15 is 0 Å². The van der Waals surface area contributed by atoms with Gasteiger partial charge in [-0.1, -0.05) is 25.6 Å². The summed E-state index contributed by atoms with van der Waals surface area (Å²) in [5, 5.41) is 0. The minimum absolute atomic E-state index is 0.590. The number of rotatable bonds is 1. The van der Waals surface area contributed by atoms with Gasteiger partial charge in [0.1, 0.15) is 14.4 Å². The van der Waals surface area contributed by atoms with Gasteiger partial charge in [-0.15, -0.1) is 5.54 Å². The first-order valence-corrected chi connectivity index (χ1v) is 8.72. The average molecular weight is 231 g/mol. The van der Waals surface area contributed by atoms with E-state index in [0.29, 0.717) is 11.3 Å². The zero-order valence-electron chi connectivity index (χ0n) is 10.2. The van der Waals surface area contributed by atoms with Crippen molar-refractivity contribution in [1.29, 1.82) is 0 Å². The van der Waals surface area contributed by atoms with Gasteiger partial charge in [-0.2, -0.15) is 0 Å². The van der Waals surface area contributed by atoms with Crippen molar-refractivity contribution in [3.63, 3.8) is 0 Å². The summed E-state index contributed by atoms with van der Waals surface area (Å²) in [6, 6.07) is 3.51. The minimum atomic E-state index is -1.40. The summed E-state index contributed by atoms with van der Waals surface area (Å²) in [7, 11) is -1.40. The highest BCUT2D eigenvalue weighted by Crippen LogP contribution is 2.16. The topological polar surface area (TPSA) is 43.1 Å². The maximum absolute atomic E-state index is 10.8. The van der Waals surface area contributed by atoms with Crippen molar-refractivity contribution in [2.75, 3.05) is 5.73 Å². The van der Waals surface area contributed by atoms with Crippen LogP contribution in [0.1, 0.15) is 21.5 Å². The Morgan fingerprint density at radius 3 is 2.44 bits per heavy atom. The van der Waals surface area contributed by atoms with Gasteiger partial charge in [0.15, 0.2) is 0 Å². The highest BCUT2D eigenvalue weighted by atomic mass is 28.3. The summed E-state index contributed by atoms with van der Waals surface area (Å²) in [4.78, 5) is 10.8. The molecular formula is C13H17NOSi. The van der Waals surface area contributed by atoms with E-state index < -0.39 is 8.07 Å². The van der Waals surface area contributed by atoms with Crippen LogP contribution >= 0.6 is 0 Å². The largest absolute Gasteiger partial charge is 0.399 e. The van der Waals surface area contributed by atoms with Crippen LogP contribution in [-0.2, 0) is 0 Å². The van der Waals surface area contributed by atoms with Crippen LogP contribution < -0.4 is 5.73 Å². The molecule has 0 aliphatic carbocycles. The van der Waals surface area contributed by atoms with Gasteiger partial charge in [0, 0.05) is 16.8 Å². The Bertz CT molecular complexity index is 475. The molecule has 2 nitrogen and oxygen atoms in total. The maximum Gasteiger partial charge on any atom is 0.150 e. The number of benzene rings is 1. The molecule has 0 unspecified atom stereocenters. The quantitative estimate of drug-likeness (QED) is 0.349. The summed E-state index contributed by atoms with van der Waals surface area (Å²) >= 11 is 0. The van der Waals surface area contributed by atoms with Gasteiger partial charge in [0.2, 0.25) is 0 Å². The molecule has 16 heavy (non-hydrogen) atoms. The van der Waals surface area contributed by atoms with Crippen LogP contribution in [0.4, 0.5) is 5.69 Å². The number of aldehydes is 1. The molecule has 2 N–H and O–H groups in total. The first-order valence-electron chi connectivity index (χ1n) is 5.22. The lowest BCUT2D eigenvalue weighted by molar-refractivity contribution is 0.112. The van der Waals surface area contributed by atoms with E-state index in [-0.39, 0.29) is 0 Å². The number of nitrogen functional groups attached to an aromatic ring is 1. The van der Waals surface area contributed by atoms with Gasteiger partial charge in [0.05, 0.1) is 0 Å². The molecule has 0 heterocycles. The molecule has 1 rings (SSSR count). The minimum Gasteiger partial charge on any atom is -0.399 e. The molecule has 0 fully saturated rings. The van der Waals surface area contributed by atoms with Crippen LogP contribution in [0.25, 0.3) is 0 Å². The molecule has 0 aliphatic rings. The highest BCUT2D eigenvalue weighted by Gasteiger charge is 2.09. The Labute approximate surface area is 97.9 Å². The highest BCUT2D eigenvalue weighted by molar-refractivity contribution is 6.83. The fraction of sp³-hybridized carbons (Fsp3) is 0.308. The average Bonchev–Trinajstić information content (AvgIpc) is 2.17. The van der Waals surface area contributed by atoms with Crippen LogP contribution in [0.15, 0.2) is 12.1 Å². The predicted molar refractivity (Wildman–Crippen MR) is 71.2 cm³/mol. The van der Waals surface area contributed by atoms with Crippen molar-refractivity contribution in [2.24, 2.45) is 0 Å². The van der Waals surface area contributed by atoms with E-state index in [1.165, 1.54) is 0 Å². The van der Waals surface area contributed by atoms with Crippen LogP contribution in [0.3, 0.4) is 0 Å². The first kappa shape index (κ1) is 12.5. The van der Waals surface area contributed by atoms with E-state index in [2.05, 4.69) is 31.1 Å². The normalized spacial score (nSPS) is 10.5. The summed E-state index contributed by atoms with van der Waals surface area (Å²) in [6.07, 6.45) is 0.825. The SMILES string of the molecule is Cc1c(C#C[Si](C)(C)C)cc(N)cc1C=O. The Morgan fingerprint density at radius 1 is 1.31 bits per heavy atom. The zero-order valence-corrected chi connectivity index (χ0v) is 11.2. The Hall–Kier alpha value is -1.53. The second kappa shape index (κ2) is 4.54. The van der Waals surface area contributed by atoms with Crippen molar-refractivity contribution < 1.29 is 4.79 Å². The monoisotopic (exact) mass is 231 g/mol. The molecule has 0 aromatic heterocycles. The van der Waals surface area contributed by atoms with Crippen molar-refractivity contribution in [1.82, 2.24) is 0 Å². The molecule has 1 aromatic rings. The van der Waals surface area contributed by atoms with Crippen molar-refractivity contribution in [2.45, 2.75) is 26.6 Å². The lowest BCUT2D eigenvalue weighted by atomic mass is 10.0. The second-order valence-electron chi connectivity index (χ2n) is 4.90. The maximum atomic E-state index is 10.8. The molecule has 0 amide bonds. The molecule has 1 aromatic carbocycles. The second-order valence-corrected chi connectivity index (χ2v) is 9.65. The number of carbonyl (C=O) groups is 1. The molecular weight excluding hydrogens is 214 g/mol. The molecule has 0 spiro atoms. The molecule has 0 saturated heterocycles. The van der Waals surface area contributed by atoms with Gasteiger partial charge < -0.3 is 5.73 Å². The smallest absolute Gasteiger partial charge is 0.150 e. The fourth-order valence-electron chi connectivity index (χ4n) is 1.27. The Kier molecular flexibility index (Phi) is 3.56. The Morgan fingerprint density at radius 2 is 1.94 bits per heavy atom. The molecule has 0 saturated carbocycles. The number of nitrogens with two attached hydrogens (primary N) is 1. The molecule has 0 bridgehead atoms. The number of hydrogen-bond donors (Lipinski definition) is 1. The van der Waals surface area contributed by atoms with Crippen LogP contribution in [0.2, 0.25) is 19.6 Å². The lowest BCUT2D eigenvalue weighted by Crippen LogP contribution is -2.16.